The maximum atomic E-state index is 9.90. The Bertz CT molecular complexity index is 4300. The number of nitrogens with zero attached hydrogens (tertiary/aromatic N) is 3. The smallest absolute Gasteiger partial charge is 0.167 e. The molecule has 0 amide bonds. The largest absolute Gasteiger partial charge is 0.456 e. The summed E-state index contributed by atoms with van der Waals surface area (Å²) in [6.07, 6.45) is 0. The first-order valence-corrected chi connectivity index (χ1v) is 22.3. The molecule has 5 heteroatoms. The summed E-state index contributed by atoms with van der Waals surface area (Å²) in [5, 5.41) is 2.04. The van der Waals surface area contributed by atoms with E-state index in [1.807, 2.05) is 194 Å². The van der Waals surface area contributed by atoms with Crippen molar-refractivity contribution in [2.45, 2.75) is 0 Å². The zero-order chi connectivity index (χ0) is 50.2. The second-order valence-electron chi connectivity index (χ2n) is 16.6. The molecule has 68 heavy (non-hydrogen) atoms. The molecular formula is C63H39N3O2. The van der Waals surface area contributed by atoms with E-state index >= 15 is 0 Å². The number of aromatic nitrogens is 3. The fourth-order valence-electron chi connectivity index (χ4n) is 9.16. The Labute approximate surface area is 400 Å². The lowest BCUT2D eigenvalue weighted by atomic mass is 9.91. The normalized spacial score (nSPS) is 12.8. The summed E-state index contributed by atoms with van der Waals surface area (Å²) in [7, 11) is 0. The van der Waals surface area contributed by atoms with Crippen molar-refractivity contribution in [2.24, 2.45) is 0 Å². The van der Waals surface area contributed by atoms with Gasteiger partial charge in [0.25, 0.3) is 0 Å². The minimum atomic E-state index is -0.372. The van der Waals surface area contributed by atoms with E-state index in [0.717, 1.165) is 55.3 Å². The van der Waals surface area contributed by atoms with Gasteiger partial charge >= 0.3 is 0 Å². The van der Waals surface area contributed by atoms with Crippen LogP contribution in [0.1, 0.15) is 8.22 Å². The molecule has 0 atom stereocenters. The quantitative estimate of drug-likeness (QED) is 0.152. The van der Waals surface area contributed by atoms with Crippen LogP contribution in [0.4, 0.5) is 0 Å². The molecule has 0 saturated carbocycles. The van der Waals surface area contributed by atoms with Crippen LogP contribution in [0.25, 0.3) is 134 Å². The maximum absolute atomic E-state index is 9.90. The number of hydrogen-bond donors (Lipinski definition) is 0. The number of fused-ring (bicyclic) bond motifs is 6. The molecule has 0 spiro atoms. The van der Waals surface area contributed by atoms with Gasteiger partial charge in [0.15, 0.2) is 17.5 Å². The van der Waals surface area contributed by atoms with Crippen molar-refractivity contribution in [3.05, 3.63) is 236 Å². The Morgan fingerprint density at radius 1 is 0.309 bits per heavy atom. The van der Waals surface area contributed by atoms with Gasteiger partial charge in [-0.05, 0) is 92.5 Å². The van der Waals surface area contributed by atoms with Crippen LogP contribution in [-0.4, -0.2) is 15.0 Å². The maximum Gasteiger partial charge on any atom is 0.167 e. The Hall–Kier alpha value is -9.19. The van der Waals surface area contributed by atoms with Crippen molar-refractivity contribution in [1.29, 1.82) is 0 Å². The predicted molar refractivity (Wildman–Crippen MR) is 278 cm³/mol. The lowest BCUT2D eigenvalue weighted by Crippen LogP contribution is -2.00. The number of benzene rings is 10. The highest BCUT2D eigenvalue weighted by Gasteiger charge is 2.21. The summed E-state index contributed by atoms with van der Waals surface area (Å²) in [5.41, 5.74) is 10.5. The van der Waals surface area contributed by atoms with Gasteiger partial charge in [0.1, 0.15) is 22.3 Å². The van der Waals surface area contributed by atoms with Crippen LogP contribution in [0.3, 0.4) is 0 Å². The molecule has 10 aromatic carbocycles. The fourth-order valence-corrected chi connectivity index (χ4v) is 9.16. The Kier molecular flexibility index (Phi) is 8.01. The Morgan fingerprint density at radius 3 is 1.44 bits per heavy atom. The minimum absolute atomic E-state index is 0.0437. The molecule has 13 aromatic rings. The number of hydrogen-bond acceptors (Lipinski definition) is 5. The van der Waals surface area contributed by atoms with E-state index in [-0.39, 0.29) is 86.8 Å². The second-order valence-corrected chi connectivity index (χ2v) is 16.6. The highest BCUT2D eigenvalue weighted by molar-refractivity contribution is 6.14. The van der Waals surface area contributed by atoms with E-state index < -0.39 is 0 Å². The molecular weight excluding hydrogens is 831 g/mol. The molecule has 5 nitrogen and oxygen atoms in total. The first-order valence-electron chi connectivity index (χ1n) is 25.3. The highest BCUT2D eigenvalue weighted by atomic mass is 16.3. The van der Waals surface area contributed by atoms with Crippen molar-refractivity contribution in [3.8, 4) is 89.8 Å². The van der Waals surface area contributed by atoms with Crippen molar-refractivity contribution in [2.75, 3.05) is 0 Å². The average molecular weight is 876 g/mol. The van der Waals surface area contributed by atoms with Gasteiger partial charge in [-0.3, -0.25) is 0 Å². The van der Waals surface area contributed by atoms with E-state index in [2.05, 4.69) is 6.07 Å². The molecule has 0 aliphatic carbocycles. The molecule has 0 aliphatic rings. The van der Waals surface area contributed by atoms with E-state index in [0.29, 0.717) is 27.9 Å². The zero-order valence-corrected chi connectivity index (χ0v) is 36.2. The molecule has 0 unspecified atom stereocenters. The molecule has 0 radical (unpaired) electrons. The number of rotatable bonds is 8. The van der Waals surface area contributed by atoms with Crippen LogP contribution in [0.15, 0.2) is 245 Å². The Balaban J connectivity index is 1.05. The monoisotopic (exact) mass is 875 g/mol. The number of furan rings is 2. The summed E-state index contributed by atoms with van der Waals surface area (Å²) >= 11 is 0. The van der Waals surface area contributed by atoms with Gasteiger partial charge < -0.3 is 8.83 Å². The predicted octanol–water partition coefficient (Wildman–Crippen LogP) is 17.0. The molecule has 3 aromatic heterocycles. The van der Waals surface area contributed by atoms with Gasteiger partial charge in [-0.15, -0.1) is 0 Å². The van der Waals surface area contributed by atoms with E-state index in [1.54, 1.807) is 0 Å². The van der Waals surface area contributed by atoms with Crippen molar-refractivity contribution in [3.63, 3.8) is 0 Å². The van der Waals surface area contributed by atoms with Crippen LogP contribution in [0, 0.1) is 0 Å². The summed E-state index contributed by atoms with van der Waals surface area (Å²) in [5.74, 6) is 0.440. The topological polar surface area (TPSA) is 65.0 Å². The van der Waals surface area contributed by atoms with Gasteiger partial charge in [-0.1, -0.05) is 194 Å². The van der Waals surface area contributed by atoms with E-state index in [4.69, 9.17) is 26.5 Å². The third-order valence-corrected chi connectivity index (χ3v) is 12.5. The van der Waals surface area contributed by atoms with E-state index in [1.165, 1.54) is 0 Å². The van der Waals surface area contributed by atoms with Crippen LogP contribution in [-0.2, 0) is 0 Å². The molecule has 0 aliphatic heterocycles. The molecule has 0 N–H and O–H groups in total. The van der Waals surface area contributed by atoms with Gasteiger partial charge in [0.05, 0.1) is 13.8 Å². The van der Waals surface area contributed by atoms with Gasteiger partial charge in [-0.25, -0.2) is 15.0 Å². The average Bonchev–Trinajstić information content (AvgIpc) is 4.09. The summed E-state index contributed by atoms with van der Waals surface area (Å²) in [6, 6.07) is 63.4. The lowest BCUT2D eigenvalue weighted by molar-refractivity contribution is 0.669. The van der Waals surface area contributed by atoms with Crippen LogP contribution < -0.4 is 0 Å². The first kappa shape index (κ1) is 33.3. The first-order chi connectivity index (χ1) is 36.2. The fraction of sp³-hybridized carbons (Fsp3) is 0. The lowest BCUT2D eigenvalue weighted by Gasteiger charge is -2.12. The standard InChI is InChI=1S/C63H39N3O2/c1-5-16-40(17-6-1)43-30-32-45(33-31-43)61-64-62(66-63(65-61)55-28-14-27-53-52-26-13-25-51(59(52)68-60(53)55)44-22-11-4-12-23-44)46-34-35-54-57(39-46)67-56-29-15-24-50(58(54)56)49-37-47(41-18-7-2-8-19-41)36-48(38-49)42-20-9-3-10-21-42/h1-39H/i15D,24D,29D,34D,35D,39D. The molecule has 13 rings (SSSR count). The zero-order valence-electron chi connectivity index (χ0n) is 42.2. The Morgan fingerprint density at radius 2 is 0.809 bits per heavy atom. The van der Waals surface area contributed by atoms with Gasteiger partial charge in [0, 0.05) is 38.2 Å². The van der Waals surface area contributed by atoms with Crippen LogP contribution >= 0.6 is 0 Å². The molecule has 318 valence electrons. The third-order valence-electron chi connectivity index (χ3n) is 12.5. The molecule has 0 bridgehead atoms. The molecule has 0 fully saturated rings. The van der Waals surface area contributed by atoms with Crippen LogP contribution in [0.2, 0.25) is 0 Å². The minimum Gasteiger partial charge on any atom is -0.456 e. The second kappa shape index (κ2) is 16.4. The molecule has 0 saturated heterocycles. The third kappa shape index (κ3) is 6.93. The summed E-state index contributed by atoms with van der Waals surface area (Å²) in [6.45, 7) is 0. The number of para-hydroxylation sites is 2. The van der Waals surface area contributed by atoms with Gasteiger partial charge in [-0.2, -0.15) is 0 Å². The van der Waals surface area contributed by atoms with Crippen LogP contribution in [0.5, 0.6) is 0 Å². The summed E-state index contributed by atoms with van der Waals surface area (Å²) < 4.78 is 70.5. The molecule has 3 heterocycles. The van der Waals surface area contributed by atoms with Crippen molar-refractivity contribution < 1.29 is 17.1 Å². The van der Waals surface area contributed by atoms with E-state index in [9.17, 15) is 5.48 Å². The summed E-state index contributed by atoms with van der Waals surface area (Å²) in [4.78, 5) is 15.1. The van der Waals surface area contributed by atoms with Gasteiger partial charge in [0.2, 0.25) is 0 Å². The van der Waals surface area contributed by atoms with Crippen molar-refractivity contribution >= 4 is 43.9 Å². The van der Waals surface area contributed by atoms with Crippen molar-refractivity contribution in [1.82, 2.24) is 15.0 Å². The highest BCUT2D eigenvalue weighted by Crippen LogP contribution is 2.43. The SMILES string of the molecule is [2H]c1c([2H])c(-c2cc(-c3ccccc3)cc(-c3ccccc3)c2)c2c(oc3c([2H])c(-c4nc(-c5ccc(-c6ccccc6)cc5)nc(-c5cccc6c5oc5c(-c7ccccc7)cccc56)n4)c([2H])c([2H])c32)c1[2H].